The first kappa shape index (κ1) is 13.8. The molecule has 2 aliphatic rings. The summed E-state index contributed by atoms with van der Waals surface area (Å²) in [5, 5.41) is 1.92. The number of benzene rings is 2. The van der Waals surface area contributed by atoms with Crippen LogP contribution in [-0.4, -0.2) is 18.6 Å². The van der Waals surface area contributed by atoms with E-state index in [2.05, 4.69) is 54.4 Å². The minimum atomic E-state index is 0.466. The van der Waals surface area contributed by atoms with Gasteiger partial charge in [0.2, 0.25) is 0 Å². The second kappa shape index (κ2) is 5.41. The number of hydrazine groups is 1. The van der Waals surface area contributed by atoms with Crippen LogP contribution in [0.15, 0.2) is 42.5 Å². The number of para-hydroxylation sites is 1. The standard InChI is InChI=1S/C19H23N3/c1-21-18-5-3-2-4-15(18)8-9-19(21)16-7-6-14-10-11-22(20)13-17(14)12-16/h2-7,12,19H,8-11,13,20H2,1H3. The molecule has 0 saturated carbocycles. The van der Waals surface area contributed by atoms with Crippen LogP contribution in [0.5, 0.6) is 0 Å². The Bertz CT molecular complexity index is 695. The highest BCUT2D eigenvalue weighted by Crippen LogP contribution is 2.37. The fraction of sp³-hybridized carbons (Fsp3) is 0.368. The number of nitrogens with zero attached hydrogens (tertiary/aromatic N) is 2. The minimum Gasteiger partial charge on any atom is -0.367 e. The summed E-state index contributed by atoms with van der Waals surface area (Å²) in [5.74, 6) is 5.99. The summed E-state index contributed by atoms with van der Waals surface area (Å²) < 4.78 is 0. The number of anilines is 1. The normalized spacial score (nSPS) is 21.4. The molecular formula is C19H23N3. The predicted octanol–water partition coefficient (Wildman–Crippen LogP) is 3.04. The van der Waals surface area contributed by atoms with Crippen molar-refractivity contribution in [3.8, 4) is 0 Å². The van der Waals surface area contributed by atoms with Crippen LogP contribution in [0.4, 0.5) is 5.69 Å². The van der Waals surface area contributed by atoms with Gasteiger partial charge in [0.05, 0.1) is 6.04 Å². The molecule has 2 aliphatic heterocycles. The Morgan fingerprint density at radius 2 is 1.86 bits per heavy atom. The van der Waals surface area contributed by atoms with Crippen molar-refractivity contribution in [2.45, 2.75) is 31.8 Å². The van der Waals surface area contributed by atoms with E-state index in [-0.39, 0.29) is 0 Å². The number of aryl methyl sites for hydroxylation is 1. The van der Waals surface area contributed by atoms with Crippen LogP contribution >= 0.6 is 0 Å². The van der Waals surface area contributed by atoms with Crippen LogP contribution < -0.4 is 10.7 Å². The lowest BCUT2D eigenvalue weighted by atomic mass is 9.89. The van der Waals surface area contributed by atoms with E-state index in [1.165, 1.54) is 34.4 Å². The molecule has 0 amide bonds. The van der Waals surface area contributed by atoms with Crippen LogP contribution in [0, 0.1) is 0 Å². The average molecular weight is 293 g/mol. The van der Waals surface area contributed by atoms with E-state index in [1.54, 1.807) is 0 Å². The number of nitrogens with two attached hydrogens (primary N) is 1. The Labute approximate surface area is 132 Å². The first-order chi connectivity index (χ1) is 10.7. The Morgan fingerprint density at radius 1 is 1.00 bits per heavy atom. The second-order valence-corrected chi connectivity index (χ2v) is 6.54. The van der Waals surface area contributed by atoms with Crippen molar-refractivity contribution in [1.29, 1.82) is 0 Å². The van der Waals surface area contributed by atoms with E-state index in [4.69, 9.17) is 5.84 Å². The lowest BCUT2D eigenvalue weighted by molar-refractivity contribution is 0.262. The van der Waals surface area contributed by atoms with Gasteiger partial charge in [0.1, 0.15) is 0 Å². The number of rotatable bonds is 1. The average Bonchev–Trinajstić information content (AvgIpc) is 2.55. The van der Waals surface area contributed by atoms with E-state index in [0.717, 1.165) is 25.9 Å². The van der Waals surface area contributed by atoms with Crippen LogP contribution in [-0.2, 0) is 19.4 Å². The number of hydrogen-bond acceptors (Lipinski definition) is 3. The summed E-state index contributed by atoms with van der Waals surface area (Å²) in [6.07, 6.45) is 3.40. The van der Waals surface area contributed by atoms with E-state index in [9.17, 15) is 0 Å². The Kier molecular flexibility index (Phi) is 3.40. The molecule has 1 atom stereocenters. The Morgan fingerprint density at radius 3 is 2.77 bits per heavy atom. The van der Waals surface area contributed by atoms with Crippen molar-refractivity contribution in [3.05, 3.63) is 64.7 Å². The molecule has 22 heavy (non-hydrogen) atoms. The maximum absolute atomic E-state index is 5.99. The van der Waals surface area contributed by atoms with E-state index in [0.29, 0.717) is 6.04 Å². The molecule has 0 bridgehead atoms. The third-order valence-electron chi connectivity index (χ3n) is 5.18. The van der Waals surface area contributed by atoms with Gasteiger partial charge in [-0.2, -0.15) is 0 Å². The van der Waals surface area contributed by atoms with Gasteiger partial charge < -0.3 is 4.90 Å². The summed E-state index contributed by atoms with van der Waals surface area (Å²) in [5.41, 5.74) is 7.12. The zero-order chi connectivity index (χ0) is 15.1. The number of fused-ring (bicyclic) bond motifs is 2. The third kappa shape index (κ3) is 2.31. The predicted molar refractivity (Wildman–Crippen MR) is 90.7 cm³/mol. The molecular weight excluding hydrogens is 270 g/mol. The van der Waals surface area contributed by atoms with Crippen LogP contribution in [0.25, 0.3) is 0 Å². The van der Waals surface area contributed by atoms with Gasteiger partial charge in [0.25, 0.3) is 0 Å². The molecule has 3 heteroatoms. The largest absolute Gasteiger partial charge is 0.367 e. The van der Waals surface area contributed by atoms with Gasteiger partial charge in [0.15, 0.2) is 0 Å². The van der Waals surface area contributed by atoms with Gasteiger partial charge >= 0.3 is 0 Å². The molecule has 1 unspecified atom stereocenters. The van der Waals surface area contributed by atoms with E-state index >= 15 is 0 Å². The monoisotopic (exact) mass is 293 g/mol. The molecule has 4 rings (SSSR count). The quantitative estimate of drug-likeness (QED) is 0.820. The van der Waals surface area contributed by atoms with Gasteiger partial charge in [-0.15, -0.1) is 0 Å². The third-order valence-corrected chi connectivity index (χ3v) is 5.18. The van der Waals surface area contributed by atoms with Gasteiger partial charge in [-0.3, -0.25) is 5.84 Å². The van der Waals surface area contributed by atoms with E-state index in [1.807, 2.05) is 5.01 Å². The smallest absolute Gasteiger partial charge is 0.0542 e. The summed E-state index contributed by atoms with van der Waals surface area (Å²) >= 11 is 0. The highest BCUT2D eigenvalue weighted by molar-refractivity contribution is 5.57. The first-order valence-electron chi connectivity index (χ1n) is 8.14. The Hall–Kier alpha value is -1.84. The van der Waals surface area contributed by atoms with Crippen molar-refractivity contribution >= 4 is 5.69 Å². The Balaban J connectivity index is 1.67. The zero-order valence-corrected chi connectivity index (χ0v) is 13.1. The molecule has 2 aromatic rings. The maximum Gasteiger partial charge on any atom is 0.0542 e. The fourth-order valence-electron chi connectivity index (χ4n) is 3.92. The highest BCUT2D eigenvalue weighted by Gasteiger charge is 2.25. The van der Waals surface area contributed by atoms with Gasteiger partial charge in [-0.25, -0.2) is 5.01 Å². The molecule has 0 aliphatic carbocycles. The van der Waals surface area contributed by atoms with Crippen LogP contribution in [0.1, 0.15) is 34.7 Å². The zero-order valence-electron chi connectivity index (χ0n) is 13.1. The molecule has 0 spiro atoms. The lowest BCUT2D eigenvalue weighted by Crippen LogP contribution is -2.36. The fourth-order valence-corrected chi connectivity index (χ4v) is 3.92. The van der Waals surface area contributed by atoms with Crippen molar-refractivity contribution in [1.82, 2.24) is 5.01 Å². The molecule has 2 N–H and O–H groups in total. The van der Waals surface area contributed by atoms with Crippen molar-refractivity contribution in [3.63, 3.8) is 0 Å². The number of hydrogen-bond donors (Lipinski definition) is 1. The molecule has 114 valence electrons. The summed E-state index contributed by atoms with van der Waals surface area (Å²) in [6, 6.07) is 16.2. The second-order valence-electron chi connectivity index (χ2n) is 6.54. The molecule has 0 radical (unpaired) electrons. The van der Waals surface area contributed by atoms with Crippen molar-refractivity contribution in [2.24, 2.45) is 5.84 Å². The van der Waals surface area contributed by atoms with Crippen molar-refractivity contribution < 1.29 is 0 Å². The summed E-state index contributed by atoms with van der Waals surface area (Å²) in [4.78, 5) is 2.43. The molecule has 3 nitrogen and oxygen atoms in total. The SMILES string of the molecule is CN1c2ccccc2CCC1c1ccc2c(c1)CN(N)CC2. The first-order valence-corrected chi connectivity index (χ1v) is 8.14. The summed E-state index contributed by atoms with van der Waals surface area (Å²) in [6.45, 7) is 1.83. The molecule has 0 aromatic heterocycles. The van der Waals surface area contributed by atoms with Gasteiger partial charge in [-0.1, -0.05) is 36.4 Å². The summed E-state index contributed by atoms with van der Waals surface area (Å²) in [7, 11) is 2.22. The lowest BCUT2D eigenvalue weighted by Gasteiger charge is -2.37. The van der Waals surface area contributed by atoms with Crippen molar-refractivity contribution in [2.75, 3.05) is 18.5 Å². The maximum atomic E-state index is 5.99. The molecule has 0 fully saturated rings. The topological polar surface area (TPSA) is 32.5 Å². The minimum absolute atomic E-state index is 0.466. The van der Waals surface area contributed by atoms with Gasteiger partial charge in [0, 0.05) is 25.8 Å². The molecule has 2 aromatic carbocycles. The van der Waals surface area contributed by atoms with Crippen LogP contribution in [0.2, 0.25) is 0 Å². The van der Waals surface area contributed by atoms with Gasteiger partial charge in [-0.05, 0) is 47.6 Å². The van der Waals surface area contributed by atoms with Crippen LogP contribution in [0.3, 0.4) is 0 Å². The molecule has 0 saturated heterocycles. The molecule has 2 heterocycles. The highest BCUT2D eigenvalue weighted by atomic mass is 15.4. The van der Waals surface area contributed by atoms with E-state index < -0.39 is 0 Å².